The molecule has 0 radical (unpaired) electrons. The molecule has 128 valence electrons. The van der Waals surface area contributed by atoms with Crippen LogP contribution in [0.15, 0.2) is 70.1 Å². The first-order chi connectivity index (χ1) is 12.0. The van der Waals surface area contributed by atoms with Crippen molar-refractivity contribution in [2.75, 3.05) is 11.1 Å². The van der Waals surface area contributed by atoms with E-state index in [1.807, 2.05) is 30.3 Å². The van der Waals surface area contributed by atoms with Crippen LogP contribution in [-0.4, -0.2) is 25.2 Å². The molecule has 1 heterocycles. The van der Waals surface area contributed by atoms with Crippen molar-refractivity contribution in [3.05, 3.63) is 66.4 Å². The molecule has 0 aliphatic rings. The predicted molar refractivity (Wildman–Crippen MR) is 94.1 cm³/mol. The molecule has 25 heavy (non-hydrogen) atoms. The monoisotopic (exact) mass is 356 g/mol. The summed E-state index contributed by atoms with van der Waals surface area (Å²) in [6.45, 7) is 1.58. The number of aromatic nitrogens is 1. The Morgan fingerprint density at radius 3 is 2.40 bits per heavy atom. The van der Waals surface area contributed by atoms with Gasteiger partial charge in [-0.25, -0.2) is 8.42 Å². The van der Waals surface area contributed by atoms with Gasteiger partial charge in [0.15, 0.2) is 21.3 Å². The number of amides is 1. The lowest BCUT2D eigenvalue weighted by Gasteiger charge is -2.05. The van der Waals surface area contributed by atoms with Crippen molar-refractivity contribution >= 4 is 21.4 Å². The van der Waals surface area contributed by atoms with E-state index in [1.54, 1.807) is 25.1 Å². The molecule has 0 atom stereocenters. The Bertz CT molecular complexity index is 977. The SMILES string of the molecule is CCS(=O)(=O)c1ccc(NC(=O)c2cc(-c3ccccc3)on2)cc1. The number of sulfone groups is 1. The molecule has 3 aromatic rings. The van der Waals surface area contributed by atoms with Gasteiger partial charge in [-0.3, -0.25) is 4.79 Å². The summed E-state index contributed by atoms with van der Waals surface area (Å²) in [5.41, 5.74) is 1.44. The Labute approximate surface area is 145 Å². The summed E-state index contributed by atoms with van der Waals surface area (Å²) in [6.07, 6.45) is 0. The van der Waals surface area contributed by atoms with Crippen molar-refractivity contribution in [3.63, 3.8) is 0 Å². The van der Waals surface area contributed by atoms with E-state index in [2.05, 4.69) is 10.5 Å². The quantitative estimate of drug-likeness (QED) is 0.757. The maximum atomic E-state index is 12.2. The Balaban J connectivity index is 1.74. The summed E-state index contributed by atoms with van der Waals surface area (Å²) >= 11 is 0. The lowest BCUT2D eigenvalue weighted by atomic mass is 10.1. The molecule has 1 aromatic heterocycles. The summed E-state index contributed by atoms with van der Waals surface area (Å²) in [5.74, 6) is 0.0899. The number of hydrogen-bond acceptors (Lipinski definition) is 5. The third kappa shape index (κ3) is 3.77. The van der Waals surface area contributed by atoms with Crippen LogP contribution in [0.4, 0.5) is 5.69 Å². The van der Waals surface area contributed by atoms with Crippen LogP contribution in [0.2, 0.25) is 0 Å². The molecule has 0 fully saturated rings. The molecule has 0 unspecified atom stereocenters. The molecule has 0 spiro atoms. The van der Waals surface area contributed by atoms with Gasteiger partial charge in [0, 0.05) is 17.3 Å². The molecule has 0 aliphatic heterocycles. The number of carbonyl (C=O) groups excluding carboxylic acids is 1. The zero-order valence-electron chi connectivity index (χ0n) is 13.5. The molecule has 6 nitrogen and oxygen atoms in total. The van der Waals surface area contributed by atoms with Crippen LogP contribution in [0.3, 0.4) is 0 Å². The lowest BCUT2D eigenvalue weighted by molar-refractivity contribution is 0.101. The minimum absolute atomic E-state index is 0.0277. The van der Waals surface area contributed by atoms with Gasteiger partial charge in [-0.2, -0.15) is 0 Å². The smallest absolute Gasteiger partial charge is 0.277 e. The van der Waals surface area contributed by atoms with Crippen LogP contribution in [-0.2, 0) is 9.84 Å². The van der Waals surface area contributed by atoms with Crippen molar-refractivity contribution in [1.82, 2.24) is 5.16 Å². The maximum Gasteiger partial charge on any atom is 0.277 e. The van der Waals surface area contributed by atoms with Gasteiger partial charge in [0.1, 0.15) is 0 Å². The van der Waals surface area contributed by atoms with E-state index < -0.39 is 15.7 Å². The molecule has 7 heteroatoms. The predicted octanol–water partition coefficient (Wildman–Crippen LogP) is 3.39. The summed E-state index contributed by atoms with van der Waals surface area (Å²) in [4.78, 5) is 12.5. The van der Waals surface area contributed by atoms with Gasteiger partial charge in [-0.05, 0) is 24.3 Å². The van der Waals surface area contributed by atoms with Crippen LogP contribution in [0.1, 0.15) is 17.4 Å². The highest BCUT2D eigenvalue weighted by molar-refractivity contribution is 7.91. The zero-order valence-corrected chi connectivity index (χ0v) is 14.3. The van der Waals surface area contributed by atoms with Crippen molar-refractivity contribution in [3.8, 4) is 11.3 Å². The summed E-state index contributed by atoms with van der Waals surface area (Å²) in [7, 11) is -3.26. The number of anilines is 1. The average molecular weight is 356 g/mol. The fourth-order valence-corrected chi connectivity index (χ4v) is 3.11. The van der Waals surface area contributed by atoms with E-state index in [0.29, 0.717) is 11.4 Å². The lowest BCUT2D eigenvalue weighted by Crippen LogP contribution is -2.12. The van der Waals surface area contributed by atoms with E-state index >= 15 is 0 Å². The Kier molecular flexibility index (Phi) is 4.67. The standard InChI is InChI=1S/C18H16N2O4S/c1-2-25(22,23)15-10-8-14(9-11-15)19-18(21)16-12-17(24-20-16)13-6-4-3-5-7-13/h3-12H,2H2,1H3,(H,19,21). The molecule has 0 bridgehead atoms. The van der Waals surface area contributed by atoms with Crippen LogP contribution in [0.5, 0.6) is 0 Å². The molecular formula is C18H16N2O4S. The summed E-state index contributed by atoms with van der Waals surface area (Å²) in [5, 5.41) is 6.44. The Morgan fingerprint density at radius 1 is 1.08 bits per heavy atom. The summed E-state index contributed by atoms with van der Waals surface area (Å²) < 4.78 is 28.8. The first-order valence-corrected chi connectivity index (χ1v) is 9.31. The van der Waals surface area contributed by atoms with Crippen molar-refractivity contribution in [2.45, 2.75) is 11.8 Å². The highest BCUT2D eigenvalue weighted by Gasteiger charge is 2.15. The van der Waals surface area contributed by atoms with Crippen molar-refractivity contribution < 1.29 is 17.7 Å². The minimum atomic E-state index is -3.26. The van der Waals surface area contributed by atoms with Crippen LogP contribution in [0.25, 0.3) is 11.3 Å². The van der Waals surface area contributed by atoms with Crippen LogP contribution < -0.4 is 5.32 Å². The second kappa shape index (κ2) is 6.90. The van der Waals surface area contributed by atoms with Gasteiger partial charge in [0.05, 0.1) is 10.6 Å². The van der Waals surface area contributed by atoms with Crippen LogP contribution >= 0.6 is 0 Å². The van der Waals surface area contributed by atoms with E-state index in [9.17, 15) is 13.2 Å². The van der Waals surface area contributed by atoms with Gasteiger partial charge in [-0.1, -0.05) is 42.4 Å². The number of benzene rings is 2. The second-order valence-corrected chi connectivity index (χ2v) is 7.60. The van der Waals surface area contributed by atoms with E-state index in [4.69, 9.17) is 4.52 Å². The minimum Gasteiger partial charge on any atom is -0.355 e. The number of nitrogens with one attached hydrogen (secondary N) is 1. The summed E-state index contributed by atoms with van der Waals surface area (Å²) in [6, 6.07) is 16.9. The highest BCUT2D eigenvalue weighted by Crippen LogP contribution is 2.21. The molecule has 1 N–H and O–H groups in total. The fourth-order valence-electron chi connectivity index (χ4n) is 2.23. The normalized spacial score (nSPS) is 11.2. The molecule has 0 aliphatic carbocycles. The topological polar surface area (TPSA) is 89.3 Å². The largest absolute Gasteiger partial charge is 0.355 e. The molecule has 1 amide bonds. The van der Waals surface area contributed by atoms with Gasteiger partial charge in [-0.15, -0.1) is 0 Å². The van der Waals surface area contributed by atoms with Gasteiger partial charge >= 0.3 is 0 Å². The van der Waals surface area contributed by atoms with Gasteiger partial charge < -0.3 is 9.84 Å². The number of hydrogen-bond donors (Lipinski definition) is 1. The Hall–Kier alpha value is -2.93. The molecule has 0 saturated carbocycles. The number of carbonyl (C=O) groups is 1. The van der Waals surface area contributed by atoms with Crippen molar-refractivity contribution in [2.24, 2.45) is 0 Å². The van der Waals surface area contributed by atoms with Crippen LogP contribution in [0, 0.1) is 0 Å². The average Bonchev–Trinajstić information content (AvgIpc) is 3.13. The molecule has 0 saturated heterocycles. The van der Waals surface area contributed by atoms with E-state index in [1.165, 1.54) is 12.1 Å². The second-order valence-electron chi connectivity index (χ2n) is 5.32. The fraction of sp³-hybridized carbons (Fsp3) is 0.111. The molecule has 2 aromatic carbocycles. The van der Waals surface area contributed by atoms with Gasteiger partial charge in [0.2, 0.25) is 0 Å². The number of rotatable bonds is 5. The number of nitrogens with zero attached hydrogens (tertiary/aromatic N) is 1. The first kappa shape index (κ1) is 16.9. The third-order valence-electron chi connectivity index (χ3n) is 3.65. The maximum absolute atomic E-state index is 12.2. The van der Waals surface area contributed by atoms with Gasteiger partial charge in [0.25, 0.3) is 5.91 Å². The highest BCUT2D eigenvalue weighted by atomic mass is 32.2. The first-order valence-electron chi connectivity index (χ1n) is 7.66. The van der Waals surface area contributed by atoms with E-state index in [-0.39, 0.29) is 16.3 Å². The third-order valence-corrected chi connectivity index (χ3v) is 5.40. The Morgan fingerprint density at radius 2 is 1.76 bits per heavy atom. The van der Waals surface area contributed by atoms with E-state index in [0.717, 1.165) is 5.56 Å². The molecular weight excluding hydrogens is 340 g/mol. The zero-order chi connectivity index (χ0) is 17.9. The molecule has 3 rings (SSSR count). The van der Waals surface area contributed by atoms with Crippen molar-refractivity contribution in [1.29, 1.82) is 0 Å².